The van der Waals surface area contributed by atoms with Gasteiger partial charge in [0.25, 0.3) is 0 Å². The fraction of sp³-hybridized carbons (Fsp3) is 0.600. The number of nitrogens with one attached hydrogen (secondary N) is 1. The third-order valence-corrected chi connectivity index (χ3v) is 5.10. The minimum atomic E-state index is 0.492. The molecule has 1 aromatic rings. The Morgan fingerprint density at radius 3 is 2.60 bits per heavy atom. The summed E-state index contributed by atoms with van der Waals surface area (Å²) in [6.45, 7) is 8.81. The Kier molecular flexibility index (Phi) is 5.37. The smallest absolute Gasteiger partial charge is 0.135 e. The topological polar surface area (TPSA) is 24.5 Å². The zero-order valence-electron chi connectivity index (χ0n) is 12.4. The van der Waals surface area contributed by atoms with E-state index in [1.807, 2.05) is 0 Å². The second-order valence-electron chi connectivity index (χ2n) is 5.71. The number of methoxy groups -OCH3 is 1. The molecule has 1 aromatic carbocycles. The predicted octanol–water partition coefficient (Wildman–Crippen LogP) is 4.04. The summed E-state index contributed by atoms with van der Waals surface area (Å²) >= 11 is 7.23. The zero-order chi connectivity index (χ0) is 14.9. The van der Waals surface area contributed by atoms with Gasteiger partial charge in [-0.3, -0.25) is 0 Å². The van der Waals surface area contributed by atoms with Gasteiger partial charge in [-0.25, -0.2) is 0 Å². The summed E-state index contributed by atoms with van der Waals surface area (Å²) in [5, 5.41) is 3.58. The molecular weight excluding hydrogens is 384 g/mol. The highest BCUT2D eigenvalue weighted by atomic mass is 79.9. The Morgan fingerprint density at radius 1 is 1.30 bits per heavy atom. The van der Waals surface area contributed by atoms with Crippen LogP contribution in [0.5, 0.6) is 5.75 Å². The first-order valence-corrected chi connectivity index (χ1v) is 8.55. The summed E-state index contributed by atoms with van der Waals surface area (Å²) in [6, 6.07) is 5.17. The lowest BCUT2D eigenvalue weighted by Gasteiger charge is -2.43. The van der Waals surface area contributed by atoms with Crippen LogP contribution in [0, 0.1) is 5.92 Å². The van der Waals surface area contributed by atoms with E-state index in [2.05, 4.69) is 75.0 Å². The first-order valence-electron chi connectivity index (χ1n) is 6.97. The first-order chi connectivity index (χ1) is 9.43. The molecule has 1 fully saturated rings. The minimum absolute atomic E-state index is 0.492. The molecular formula is C15H22Br2N2O. The maximum Gasteiger partial charge on any atom is 0.135 e. The van der Waals surface area contributed by atoms with Gasteiger partial charge in [-0.05, 0) is 50.8 Å². The Balaban J connectivity index is 2.40. The fourth-order valence-electron chi connectivity index (χ4n) is 2.69. The van der Waals surface area contributed by atoms with E-state index < -0.39 is 0 Å². The quantitative estimate of drug-likeness (QED) is 0.820. The SMILES string of the molecule is COc1cc(N2CC(C)NCC2C(C)C)c(Br)cc1Br. The molecule has 1 aliphatic rings. The van der Waals surface area contributed by atoms with Gasteiger partial charge in [0.15, 0.2) is 0 Å². The highest BCUT2D eigenvalue weighted by molar-refractivity contribution is 9.11. The molecule has 0 aromatic heterocycles. The lowest BCUT2D eigenvalue weighted by Crippen LogP contribution is -2.57. The van der Waals surface area contributed by atoms with E-state index in [-0.39, 0.29) is 0 Å². The second kappa shape index (κ2) is 6.67. The Morgan fingerprint density at radius 2 is 2.00 bits per heavy atom. The molecule has 1 heterocycles. The highest BCUT2D eigenvalue weighted by Crippen LogP contribution is 2.38. The average molecular weight is 406 g/mol. The van der Waals surface area contributed by atoms with Crippen molar-refractivity contribution in [2.45, 2.75) is 32.9 Å². The van der Waals surface area contributed by atoms with Crippen molar-refractivity contribution in [2.75, 3.05) is 25.1 Å². The van der Waals surface area contributed by atoms with Crippen LogP contribution in [0.2, 0.25) is 0 Å². The van der Waals surface area contributed by atoms with E-state index in [1.165, 1.54) is 5.69 Å². The van der Waals surface area contributed by atoms with Gasteiger partial charge >= 0.3 is 0 Å². The average Bonchev–Trinajstić information content (AvgIpc) is 2.38. The van der Waals surface area contributed by atoms with Gasteiger partial charge in [0.2, 0.25) is 0 Å². The lowest BCUT2D eigenvalue weighted by molar-refractivity contribution is 0.348. The molecule has 1 saturated heterocycles. The first kappa shape index (κ1) is 16.1. The van der Waals surface area contributed by atoms with E-state index in [0.717, 1.165) is 27.8 Å². The normalized spacial score (nSPS) is 23.2. The van der Waals surface area contributed by atoms with Crippen molar-refractivity contribution in [1.29, 1.82) is 0 Å². The van der Waals surface area contributed by atoms with Crippen LogP contribution in [-0.4, -0.2) is 32.3 Å². The highest BCUT2D eigenvalue weighted by Gasteiger charge is 2.29. The number of hydrogen-bond acceptors (Lipinski definition) is 3. The van der Waals surface area contributed by atoms with Crippen LogP contribution in [0.1, 0.15) is 20.8 Å². The van der Waals surface area contributed by atoms with Crippen LogP contribution in [0.15, 0.2) is 21.1 Å². The molecule has 0 radical (unpaired) electrons. The lowest BCUT2D eigenvalue weighted by atomic mass is 9.98. The Hall–Kier alpha value is -0.260. The predicted molar refractivity (Wildman–Crippen MR) is 91.8 cm³/mol. The maximum absolute atomic E-state index is 5.44. The van der Waals surface area contributed by atoms with Crippen molar-refractivity contribution >= 4 is 37.5 Å². The molecule has 2 unspecified atom stereocenters. The Bertz CT molecular complexity index is 479. The largest absolute Gasteiger partial charge is 0.495 e. The van der Waals surface area contributed by atoms with Crippen LogP contribution in [-0.2, 0) is 0 Å². The van der Waals surface area contributed by atoms with Gasteiger partial charge in [-0.1, -0.05) is 13.8 Å². The molecule has 0 saturated carbocycles. The molecule has 0 spiro atoms. The molecule has 2 atom stereocenters. The van der Waals surface area contributed by atoms with Crippen molar-refractivity contribution in [3.8, 4) is 5.75 Å². The summed E-state index contributed by atoms with van der Waals surface area (Å²) in [6.07, 6.45) is 0. The summed E-state index contributed by atoms with van der Waals surface area (Å²) in [4.78, 5) is 2.49. The van der Waals surface area contributed by atoms with Gasteiger partial charge in [-0.15, -0.1) is 0 Å². The van der Waals surface area contributed by atoms with Gasteiger partial charge in [0.05, 0.1) is 17.3 Å². The van der Waals surface area contributed by atoms with Crippen molar-refractivity contribution in [3.05, 3.63) is 21.1 Å². The molecule has 2 rings (SSSR count). The molecule has 0 bridgehead atoms. The van der Waals surface area contributed by atoms with Crippen molar-refractivity contribution in [3.63, 3.8) is 0 Å². The Labute approximate surface area is 138 Å². The van der Waals surface area contributed by atoms with Gasteiger partial charge < -0.3 is 15.0 Å². The molecule has 1 aliphatic heterocycles. The van der Waals surface area contributed by atoms with Crippen LogP contribution in [0.4, 0.5) is 5.69 Å². The number of rotatable bonds is 3. The summed E-state index contributed by atoms with van der Waals surface area (Å²) in [7, 11) is 1.71. The number of ether oxygens (including phenoxy) is 1. The van der Waals surface area contributed by atoms with E-state index in [9.17, 15) is 0 Å². The van der Waals surface area contributed by atoms with E-state index in [0.29, 0.717) is 18.0 Å². The molecule has 0 amide bonds. The van der Waals surface area contributed by atoms with Crippen LogP contribution >= 0.6 is 31.9 Å². The van der Waals surface area contributed by atoms with Gasteiger partial charge in [-0.2, -0.15) is 0 Å². The van der Waals surface area contributed by atoms with E-state index in [1.54, 1.807) is 7.11 Å². The summed E-state index contributed by atoms with van der Waals surface area (Å²) in [5.41, 5.74) is 1.21. The number of piperazine rings is 1. The molecule has 20 heavy (non-hydrogen) atoms. The standard InChI is InChI=1S/C15H22Br2N2O/c1-9(2)14-7-18-10(3)8-19(14)13-6-15(20-4)12(17)5-11(13)16/h5-6,9-10,14,18H,7-8H2,1-4H3. The van der Waals surface area contributed by atoms with E-state index >= 15 is 0 Å². The molecule has 5 heteroatoms. The number of hydrogen-bond donors (Lipinski definition) is 1. The van der Waals surface area contributed by atoms with E-state index in [4.69, 9.17) is 4.74 Å². The minimum Gasteiger partial charge on any atom is -0.495 e. The molecule has 3 nitrogen and oxygen atoms in total. The number of benzene rings is 1. The van der Waals surface area contributed by atoms with Crippen molar-refractivity contribution in [1.82, 2.24) is 5.32 Å². The summed E-state index contributed by atoms with van der Waals surface area (Å²) in [5.74, 6) is 1.47. The molecule has 112 valence electrons. The third-order valence-electron chi connectivity index (χ3n) is 3.85. The third kappa shape index (κ3) is 3.31. The van der Waals surface area contributed by atoms with Crippen LogP contribution in [0.25, 0.3) is 0 Å². The number of nitrogens with zero attached hydrogens (tertiary/aromatic N) is 1. The number of halogens is 2. The second-order valence-corrected chi connectivity index (χ2v) is 7.42. The zero-order valence-corrected chi connectivity index (χ0v) is 15.6. The van der Waals surface area contributed by atoms with Crippen molar-refractivity contribution < 1.29 is 4.74 Å². The van der Waals surface area contributed by atoms with Crippen LogP contribution in [0.3, 0.4) is 0 Å². The molecule has 1 N–H and O–H groups in total. The van der Waals surface area contributed by atoms with Gasteiger partial charge in [0.1, 0.15) is 5.75 Å². The summed E-state index contributed by atoms with van der Waals surface area (Å²) < 4.78 is 7.52. The van der Waals surface area contributed by atoms with Crippen LogP contribution < -0.4 is 15.0 Å². The number of anilines is 1. The fourth-order valence-corrected chi connectivity index (χ4v) is 4.08. The monoisotopic (exact) mass is 404 g/mol. The molecule has 0 aliphatic carbocycles. The van der Waals surface area contributed by atoms with Crippen molar-refractivity contribution in [2.24, 2.45) is 5.92 Å². The van der Waals surface area contributed by atoms with Gasteiger partial charge in [0, 0.05) is 35.7 Å². The maximum atomic E-state index is 5.44.